The summed E-state index contributed by atoms with van der Waals surface area (Å²) in [6.07, 6.45) is 6.49. The van der Waals surface area contributed by atoms with Gasteiger partial charge in [-0.05, 0) is 31.6 Å². The Kier molecular flexibility index (Phi) is 5.28. The third-order valence-electron chi connectivity index (χ3n) is 3.84. The van der Waals surface area contributed by atoms with Crippen LogP contribution in [0.2, 0.25) is 0 Å². The molecule has 0 aromatic carbocycles. The molecule has 0 atom stereocenters. The van der Waals surface area contributed by atoms with Gasteiger partial charge < -0.3 is 15.8 Å². The lowest BCUT2D eigenvalue weighted by molar-refractivity contribution is -0.136. The highest BCUT2D eigenvalue weighted by Gasteiger charge is 2.28. The molecule has 0 unspecified atom stereocenters. The predicted octanol–water partition coefficient (Wildman–Crippen LogP) is 2.42. The van der Waals surface area contributed by atoms with Gasteiger partial charge in [-0.3, -0.25) is 4.99 Å². The Morgan fingerprint density at radius 2 is 1.95 bits per heavy atom. The zero-order chi connectivity index (χ0) is 15.4. The number of ether oxygens (including phenoxy) is 1. The van der Waals surface area contributed by atoms with Crippen molar-refractivity contribution in [3.8, 4) is 0 Å². The van der Waals surface area contributed by atoms with Gasteiger partial charge in [-0.1, -0.05) is 31.0 Å². The Morgan fingerprint density at radius 3 is 2.48 bits per heavy atom. The molecule has 3 N–H and O–H groups in total. The molecule has 0 bridgehead atoms. The quantitative estimate of drug-likeness (QED) is 0.342. The highest BCUT2D eigenvalue weighted by molar-refractivity contribution is 6.44. The first kappa shape index (κ1) is 15.9. The topological polar surface area (TPSA) is 76.7 Å². The molecule has 0 aromatic heterocycles. The van der Waals surface area contributed by atoms with Gasteiger partial charge in [0.05, 0.1) is 13.2 Å². The van der Waals surface area contributed by atoms with Crippen molar-refractivity contribution in [2.75, 3.05) is 7.11 Å². The summed E-state index contributed by atoms with van der Waals surface area (Å²) in [6.45, 7) is 3.93. The van der Waals surface area contributed by atoms with Crippen molar-refractivity contribution in [3.63, 3.8) is 0 Å². The van der Waals surface area contributed by atoms with Crippen molar-refractivity contribution in [3.05, 3.63) is 23.0 Å². The average molecular weight is 312 g/mol. The molecule has 6 heteroatoms. The van der Waals surface area contributed by atoms with E-state index in [9.17, 15) is 4.79 Å². The summed E-state index contributed by atoms with van der Waals surface area (Å²) < 4.78 is 4.76. The number of allylic oxidation sites excluding steroid dienone is 1. The first-order valence-electron chi connectivity index (χ1n) is 7.30. The molecule has 2 rings (SSSR count). The first-order valence-corrected chi connectivity index (χ1v) is 7.68. The zero-order valence-corrected chi connectivity index (χ0v) is 13.1. The molecule has 2 fully saturated rings. The van der Waals surface area contributed by atoms with Crippen molar-refractivity contribution in [1.82, 2.24) is 5.32 Å². The number of nitrogens with two attached hydrogens (primary N) is 1. The van der Waals surface area contributed by atoms with Crippen molar-refractivity contribution in [2.24, 2.45) is 16.6 Å². The monoisotopic (exact) mass is 311 g/mol. The van der Waals surface area contributed by atoms with E-state index in [2.05, 4.69) is 16.9 Å². The lowest BCUT2D eigenvalue weighted by atomic mass is 10.2. The molecule has 2 saturated carbocycles. The second kappa shape index (κ2) is 6.98. The van der Waals surface area contributed by atoms with E-state index in [0.29, 0.717) is 5.92 Å². The van der Waals surface area contributed by atoms with Crippen molar-refractivity contribution in [2.45, 2.75) is 44.6 Å². The normalized spacial score (nSPS) is 21.0. The van der Waals surface area contributed by atoms with Gasteiger partial charge in [-0.2, -0.15) is 0 Å². The number of amidine groups is 1. The van der Waals surface area contributed by atoms with Gasteiger partial charge in [0, 0.05) is 5.70 Å². The van der Waals surface area contributed by atoms with Gasteiger partial charge in [-0.15, -0.1) is 0 Å². The minimum atomic E-state index is -0.564. The fourth-order valence-electron chi connectivity index (χ4n) is 2.41. The maximum atomic E-state index is 11.9. The summed E-state index contributed by atoms with van der Waals surface area (Å²) in [7, 11) is 1.30. The molecule has 21 heavy (non-hydrogen) atoms. The lowest BCUT2D eigenvalue weighted by Crippen LogP contribution is -2.27. The number of esters is 1. The van der Waals surface area contributed by atoms with Gasteiger partial charge >= 0.3 is 5.97 Å². The number of nitrogens with one attached hydrogen (secondary N) is 1. The average Bonchev–Trinajstić information content (AvgIpc) is 3.21. The smallest absolute Gasteiger partial charge is 0.356 e. The van der Waals surface area contributed by atoms with Crippen molar-refractivity contribution >= 4 is 23.4 Å². The van der Waals surface area contributed by atoms with Gasteiger partial charge in [0.2, 0.25) is 0 Å². The van der Waals surface area contributed by atoms with Crippen LogP contribution in [0.4, 0.5) is 0 Å². The Bertz CT molecular complexity index is 489. The maximum Gasteiger partial charge on any atom is 0.356 e. The van der Waals surface area contributed by atoms with Crippen LogP contribution in [0.5, 0.6) is 0 Å². The van der Waals surface area contributed by atoms with Gasteiger partial charge in [0.15, 0.2) is 0 Å². The summed E-state index contributed by atoms with van der Waals surface area (Å²) in [4.78, 5) is 16.3. The van der Waals surface area contributed by atoms with Crippen LogP contribution in [0.3, 0.4) is 0 Å². The van der Waals surface area contributed by atoms with Gasteiger partial charge in [-0.25, -0.2) is 4.79 Å². The Morgan fingerprint density at radius 1 is 1.33 bits per heavy atom. The minimum absolute atomic E-state index is 0.107. The molecule has 0 heterocycles. The predicted molar refractivity (Wildman–Crippen MR) is 83.8 cm³/mol. The second-order valence-corrected chi connectivity index (χ2v) is 5.94. The van der Waals surface area contributed by atoms with E-state index in [1.807, 2.05) is 0 Å². The third kappa shape index (κ3) is 4.24. The van der Waals surface area contributed by atoms with Crippen LogP contribution in [-0.2, 0) is 9.53 Å². The molecule has 0 spiro atoms. The number of halogens is 1. The molecular weight excluding hydrogens is 290 g/mol. The Labute approximate surface area is 130 Å². The number of hydrogen-bond acceptors (Lipinski definition) is 4. The van der Waals surface area contributed by atoms with E-state index in [1.54, 1.807) is 0 Å². The SMILES string of the molecule is C=C(NC(C(=O)OC)=C(Cl)C(N)=NC1CCCC1)C1CC1. The van der Waals surface area contributed by atoms with Crippen LogP contribution >= 0.6 is 11.6 Å². The van der Waals surface area contributed by atoms with Gasteiger partial charge in [0.25, 0.3) is 0 Å². The van der Waals surface area contributed by atoms with Crippen LogP contribution in [0, 0.1) is 5.92 Å². The molecule has 2 aliphatic carbocycles. The highest BCUT2D eigenvalue weighted by Crippen LogP contribution is 2.34. The Balaban J connectivity index is 2.17. The molecule has 0 aromatic rings. The number of nitrogens with zero attached hydrogens (tertiary/aromatic N) is 1. The number of rotatable bonds is 6. The van der Waals surface area contributed by atoms with Gasteiger partial charge in [0.1, 0.15) is 16.6 Å². The highest BCUT2D eigenvalue weighted by atomic mass is 35.5. The van der Waals surface area contributed by atoms with E-state index in [4.69, 9.17) is 22.1 Å². The van der Waals surface area contributed by atoms with E-state index in [-0.39, 0.29) is 22.6 Å². The van der Waals surface area contributed by atoms with Crippen LogP contribution < -0.4 is 11.1 Å². The minimum Gasteiger partial charge on any atom is -0.464 e. The third-order valence-corrected chi connectivity index (χ3v) is 4.22. The van der Waals surface area contributed by atoms with E-state index in [1.165, 1.54) is 7.11 Å². The number of hydrogen-bond donors (Lipinski definition) is 2. The molecule has 0 radical (unpaired) electrons. The van der Waals surface area contributed by atoms with E-state index < -0.39 is 5.97 Å². The van der Waals surface area contributed by atoms with Crippen LogP contribution in [0.25, 0.3) is 0 Å². The molecule has 5 nitrogen and oxygen atoms in total. The maximum absolute atomic E-state index is 11.9. The molecule has 0 saturated heterocycles. The number of methoxy groups -OCH3 is 1. The fourth-order valence-corrected chi connectivity index (χ4v) is 2.58. The van der Waals surface area contributed by atoms with Crippen LogP contribution in [0.1, 0.15) is 38.5 Å². The van der Waals surface area contributed by atoms with Crippen LogP contribution in [0.15, 0.2) is 28.0 Å². The summed E-state index contributed by atoms with van der Waals surface area (Å²) in [6, 6.07) is 0.198. The summed E-state index contributed by atoms with van der Waals surface area (Å²) in [5.41, 5.74) is 6.83. The molecule has 116 valence electrons. The largest absolute Gasteiger partial charge is 0.464 e. The summed E-state index contributed by atoms with van der Waals surface area (Å²) in [5, 5.41) is 3.06. The number of carbonyl (C=O) groups excluding carboxylic acids is 1. The van der Waals surface area contributed by atoms with Crippen molar-refractivity contribution in [1.29, 1.82) is 0 Å². The fraction of sp³-hybridized carbons (Fsp3) is 0.600. The molecular formula is C15H22ClN3O2. The number of carbonyl (C=O) groups is 1. The van der Waals surface area contributed by atoms with Crippen LogP contribution in [-0.4, -0.2) is 25.0 Å². The van der Waals surface area contributed by atoms with E-state index in [0.717, 1.165) is 44.2 Å². The molecule has 0 aliphatic heterocycles. The summed E-state index contributed by atoms with van der Waals surface area (Å²) >= 11 is 6.24. The Hall–Kier alpha value is -1.49. The lowest BCUT2D eigenvalue weighted by Gasteiger charge is -2.14. The second-order valence-electron chi connectivity index (χ2n) is 5.56. The zero-order valence-electron chi connectivity index (χ0n) is 12.3. The summed E-state index contributed by atoms with van der Waals surface area (Å²) in [5.74, 6) is 0.00792. The molecule has 0 amide bonds. The van der Waals surface area contributed by atoms with Crippen molar-refractivity contribution < 1.29 is 9.53 Å². The standard InChI is InChI=1S/C15H22ClN3O2/c1-9(10-7-8-10)18-13(15(20)21-2)12(16)14(17)19-11-5-3-4-6-11/h10-11,18H,1,3-8H2,2H3,(H2,17,19). The molecule has 2 aliphatic rings. The first-order chi connectivity index (χ1) is 10.0. The van der Waals surface area contributed by atoms with E-state index >= 15 is 0 Å². The number of aliphatic imine (C=N–C) groups is 1.